The molecule has 0 aliphatic carbocycles. The predicted molar refractivity (Wildman–Crippen MR) is 202 cm³/mol. The first-order chi connectivity index (χ1) is 24.3. The number of hydrogen-bond acceptors (Lipinski definition) is 3. The van der Waals surface area contributed by atoms with Crippen LogP contribution in [0.4, 0.5) is 5.69 Å². The molecule has 11 rings (SSSR count). The number of hydrogen-bond donors (Lipinski definition) is 1. The SMILES string of the molecule is c1ccc(C2=NC(n3c4cc5c(cc4c4c6c(ccc43)oc3ccccc36)c3ccccc3n5-c3ccccc3)Nc3ccccc32)cc1. The zero-order valence-corrected chi connectivity index (χ0v) is 26.3. The Morgan fingerprint density at radius 1 is 0.510 bits per heavy atom. The molecule has 3 aromatic heterocycles. The monoisotopic (exact) mass is 628 g/mol. The zero-order chi connectivity index (χ0) is 32.1. The van der Waals surface area contributed by atoms with Crippen LogP contribution in [-0.2, 0) is 0 Å². The smallest absolute Gasteiger partial charge is 0.201 e. The highest BCUT2D eigenvalue weighted by Gasteiger charge is 2.28. The van der Waals surface area contributed by atoms with E-state index in [0.29, 0.717) is 0 Å². The summed E-state index contributed by atoms with van der Waals surface area (Å²) in [6, 6.07) is 55.8. The minimum absolute atomic E-state index is 0.396. The molecule has 0 amide bonds. The molecule has 230 valence electrons. The van der Waals surface area contributed by atoms with E-state index in [1.807, 2.05) is 6.07 Å². The Hall–Kier alpha value is -6.59. The first-order valence-electron chi connectivity index (χ1n) is 16.7. The Bertz CT molecular complexity index is 2960. The average molecular weight is 629 g/mol. The molecule has 10 aromatic rings. The number of aromatic nitrogens is 2. The van der Waals surface area contributed by atoms with E-state index in [0.717, 1.165) is 66.7 Å². The zero-order valence-electron chi connectivity index (χ0n) is 26.3. The van der Waals surface area contributed by atoms with E-state index in [9.17, 15) is 0 Å². The molecule has 1 unspecified atom stereocenters. The van der Waals surface area contributed by atoms with E-state index >= 15 is 0 Å². The third kappa shape index (κ3) is 3.72. The van der Waals surface area contributed by atoms with Gasteiger partial charge >= 0.3 is 0 Å². The highest BCUT2D eigenvalue weighted by atomic mass is 16.3. The Kier molecular flexibility index (Phi) is 5.38. The van der Waals surface area contributed by atoms with Crippen LogP contribution in [0.15, 0.2) is 167 Å². The van der Waals surface area contributed by atoms with Crippen LogP contribution >= 0.6 is 0 Å². The highest BCUT2D eigenvalue weighted by Crippen LogP contribution is 2.45. The van der Waals surface area contributed by atoms with Gasteiger partial charge in [0.1, 0.15) is 11.2 Å². The molecule has 1 aliphatic heterocycles. The van der Waals surface area contributed by atoms with Crippen molar-refractivity contribution in [1.29, 1.82) is 0 Å². The summed E-state index contributed by atoms with van der Waals surface area (Å²) in [4.78, 5) is 5.51. The number of nitrogens with zero attached hydrogens (tertiary/aromatic N) is 3. The first kappa shape index (κ1) is 26.5. The molecular formula is C44H28N4O. The second kappa shape index (κ2) is 9.96. The molecule has 1 aliphatic rings. The number of nitrogens with one attached hydrogen (secondary N) is 1. The van der Waals surface area contributed by atoms with Gasteiger partial charge < -0.3 is 18.9 Å². The van der Waals surface area contributed by atoms with E-state index in [1.54, 1.807) is 0 Å². The van der Waals surface area contributed by atoms with Crippen molar-refractivity contribution in [2.75, 3.05) is 5.32 Å². The summed E-state index contributed by atoms with van der Waals surface area (Å²) in [5.74, 6) is 0. The molecule has 0 saturated carbocycles. The average Bonchev–Trinajstić information content (AvgIpc) is 3.81. The maximum Gasteiger partial charge on any atom is 0.201 e. The molecule has 0 bridgehead atoms. The summed E-state index contributed by atoms with van der Waals surface area (Å²) in [6.07, 6.45) is -0.396. The third-order valence-corrected chi connectivity index (χ3v) is 10.1. The molecule has 4 heterocycles. The van der Waals surface area contributed by atoms with Crippen molar-refractivity contribution >= 4 is 76.9 Å². The Labute approximate surface area is 280 Å². The third-order valence-electron chi connectivity index (χ3n) is 10.1. The van der Waals surface area contributed by atoms with E-state index in [4.69, 9.17) is 9.41 Å². The van der Waals surface area contributed by atoms with Crippen molar-refractivity contribution in [2.24, 2.45) is 4.99 Å². The molecule has 49 heavy (non-hydrogen) atoms. The van der Waals surface area contributed by atoms with Gasteiger partial charge in [0.2, 0.25) is 6.29 Å². The van der Waals surface area contributed by atoms with E-state index < -0.39 is 6.29 Å². The fourth-order valence-electron chi connectivity index (χ4n) is 8.06. The molecule has 1 N–H and O–H groups in total. The Morgan fingerprint density at radius 3 is 2.12 bits per heavy atom. The second-order valence-corrected chi connectivity index (χ2v) is 12.8. The summed E-state index contributed by atoms with van der Waals surface area (Å²) >= 11 is 0. The van der Waals surface area contributed by atoms with Gasteiger partial charge in [0.05, 0.1) is 27.8 Å². The van der Waals surface area contributed by atoms with E-state index in [1.165, 1.54) is 27.1 Å². The summed E-state index contributed by atoms with van der Waals surface area (Å²) in [6.45, 7) is 0. The summed E-state index contributed by atoms with van der Waals surface area (Å²) < 4.78 is 11.2. The molecule has 7 aromatic carbocycles. The van der Waals surface area contributed by atoms with Gasteiger partial charge in [-0.25, -0.2) is 4.99 Å². The molecule has 0 spiro atoms. The Balaban J connectivity index is 1.31. The van der Waals surface area contributed by atoms with Crippen molar-refractivity contribution in [2.45, 2.75) is 6.29 Å². The highest BCUT2D eigenvalue weighted by molar-refractivity contribution is 6.29. The van der Waals surface area contributed by atoms with Gasteiger partial charge in [0.25, 0.3) is 0 Å². The number of rotatable bonds is 3. The molecule has 0 radical (unpaired) electrons. The van der Waals surface area contributed by atoms with Gasteiger partial charge in [0, 0.05) is 54.8 Å². The molecule has 5 nitrogen and oxygen atoms in total. The lowest BCUT2D eigenvalue weighted by molar-refractivity contribution is 0.624. The number of para-hydroxylation sites is 4. The fourth-order valence-corrected chi connectivity index (χ4v) is 8.06. The van der Waals surface area contributed by atoms with Crippen LogP contribution in [-0.4, -0.2) is 14.8 Å². The van der Waals surface area contributed by atoms with Crippen LogP contribution in [0.1, 0.15) is 17.4 Å². The lowest BCUT2D eigenvalue weighted by Crippen LogP contribution is -2.24. The van der Waals surface area contributed by atoms with E-state index in [2.05, 4.69) is 166 Å². The van der Waals surface area contributed by atoms with Crippen molar-refractivity contribution in [3.63, 3.8) is 0 Å². The number of fused-ring (bicyclic) bond motifs is 11. The summed E-state index contributed by atoms with van der Waals surface area (Å²) in [5, 5.41) is 10.9. The lowest BCUT2D eigenvalue weighted by Gasteiger charge is -2.28. The van der Waals surface area contributed by atoms with Gasteiger partial charge in [-0.3, -0.25) is 0 Å². The van der Waals surface area contributed by atoms with Crippen LogP contribution in [0.5, 0.6) is 0 Å². The number of benzene rings is 7. The molecular weight excluding hydrogens is 601 g/mol. The Morgan fingerprint density at radius 2 is 1.24 bits per heavy atom. The maximum absolute atomic E-state index is 6.45. The van der Waals surface area contributed by atoms with Crippen LogP contribution in [0, 0.1) is 0 Å². The standard InChI is InChI=1S/C44H28N4O/c1-3-13-27(14-4-1)43-30-18-7-10-20-34(30)45-44(46-43)48-36-23-24-40-42(31-19-9-12-22-39(31)49-40)41(36)33-25-32-29-17-8-11-21-35(29)47(37(32)26-38(33)48)28-15-5-2-6-16-28/h1-26,44-45H. The minimum atomic E-state index is -0.396. The van der Waals surface area contributed by atoms with Crippen LogP contribution < -0.4 is 5.32 Å². The van der Waals surface area contributed by atoms with Gasteiger partial charge in [-0.2, -0.15) is 0 Å². The fraction of sp³-hybridized carbons (Fsp3) is 0.0227. The maximum atomic E-state index is 6.45. The molecule has 0 saturated heterocycles. The minimum Gasteiger partial charge on any atom is -0.456 e. The lowest BCUT2D eigenvalue weighted by atomic mass is 9.99. The number of aliphatic imine (C=N–C) groups is 1. The van der Waals surface area contributed by atoms with Crippen molar-refractivity contribution < 1.29 is 4.42 Å². The molecule has 5 heteroatoms. The van der Waals surface area contributed by atoms with Crippen LogP contribution in [0.2, 0.25) is 0 Å². The topological polar surface area (TPSA) is 47.4 Å². The van der Waals surface area contributed by atoms with Crippen molar-refractivity contribution in [1.82, 2.24) is 9.13 Å². The van der Waals surface area contributed by atoms with Crippen molar-refractivity contribution in [3.8, 4) is 5.69 Å². The first-order valence-corrected chi connectivity index (χ1v) is 16.7. The molecule has 0 fully saturated rings. The van der Waals surface area contributed by atoms with Crippen LogP contribution in [0.25, 0.3) is 71.2 Å². The number of furan rings is 1. The second-order valence-electron chi connectivity index (χ2n) is 12.8. The normalized spacial score (nSPS) is 14.6. The van der Waals surface area contributed by atoms with Gasteiger partial charge in [-0.05, 0) is 54.6 Å². The summed E-state index contributed by atoms with van der Waals surface area (Å²) in [7, 11) is 0. The largest absolute Gasteiger partial charge is 0.456 e. The van der Waals surface area contributed by atoms with Crippen molar-refractivity contribution in [3.05, 3.63) is 169 Å². The van der Waals surface area contributed by atoms with Gasteiger partial charge in [-0.1, -0.05) is 103 Å². The van der Waals surface area contributed by atoms with Crippen LogP contribution in [0.3, 0.4) is 0 Å². The van der Waals surface area contributed by atoms with Gasteiger partial charge in [0.15, 0.2) is 0 Å². The summed E-state index contributed by atoms with van der Waals surface area (Å²) in [5.41, 5.74) is 11.7. The number of anilines is 1. The van der Waals surface area contributed by atoms with Gasteiger partial charge in [-0.15, -0.1) is 0 Å². The predicted octanol–water partition coefficient (Wildman–Crippen LogP) is 11.2. The molecule has 1 atom stereocenters. The van der Waals surface area contributed by atoms with E-state index in [-0.39, 0.29) is 0 Å². The quantitative estimate of drug-likeness (QED) is 0.212.